The Morgan fingerprint density at radius 1 is 1.42 bits per heavy atom. The van der Waals surface area contributed by atoms with Crippen LogP contribution < -0.4 is 0 Å². The molecule has 2 nitrogen and oxygen atoms in total. The molecular formula is C10H19NO. The zero-order valence-electron chi connectivity index (χ0n) is 8.29. The number of hydrogen-bond donors (Lipinski definition) is 0. The van der Waals surface area contributed by atoms with E-state index in [0.29, 0.717) is 12.6 Å². The van der Waals surface area contributed by atoms with Crippen molar-refractivity contribution in [3.05, 3.63) is 0 Å². The van der Waals surface area contributed by atoms with Crippen molar-refractivity contribution in [2.24, 2.45) is 11.8 Å². The average Bonchev–Trinajstić information content (AvgIpc) is 2.07. The lowest BCUT2D eigenvalue weighted by atomic mass is 9.83. The maximum absolute atomic E-state index is 10.4. The maximum atomic E-state index is 10.4. The van der Waals surface area contributed by atoms with Gasteiger partial charge in [-0.05, 0) is 31.7 Å². The van der Waals surface area contributed by atoms with Crippen LogP contribution in [0.2, 0.25) is 0 Å². The van der Waals surface area contributed by atoms with Crippen LogP contribution in [0.25, 0.3) is 0 Å². The van der Waals surface area contributed by atoms with Gasteiger partial charge in [-0.25, -0.2) is 0 Å². The molecule has 1 aliphatic heterocycles. The molecule has 0 aromatic rings. The van der Waals surface area contributed by atoms with Gasteiger partial charge in [0.15, 0.2) is 0 Å². The molecule has 0 aromatic heterocycles. The SMILES string of the molecule is CC1CCN(CC=O)C(C)C1C. The molecule has 0 aliphatic carbocycles. The van der Waals surface area contributed by atoms with Gasteiger partial charge in [0.2, 0.25) is 0 Å². The van der Waals surface area contributed by atoms with E-state index in [2.05, 4.69) is 25.7 Å². The third kappa shape index (κ3) is 1.86. The van der Waals surface area contributed by atoms with Gasteiger partial charge in [0.05, 0.1) is 6.54 Å². The first-order chi connectivity index (χ1) is 5.66. The fourth-order valence-corrected chi connectivity index (χ4v) is 2.00. The molecule has 3 atom stereocenters. The fraction of sp³-hybridized carbons (Fsp3) is 0.900. The second kappa shape index (κ2) is 4.04. The molecule has 0 bridgehead atoms. The Bertz CT molecular complexity index is 158. The van der Waals surface area contributed by atoms with E-state index in [1.807, 2.05) is 0 Å². The molecule has 2 heteroatoms. The van der Waals surface area contributed by atoms with Crippen molar-refractivity contribution < 1.29 is 4.79 Å². The minimum atomic E-state index is 0.568. The molecule has 70 valence electrons. The van der Waals surface area contributed by atoms with E-state index in [1.54, 1.807) is 0 Å². The lowest BCUT2D eigenvalue weighted by molar-refractivity contribution is -0.110. The third-order valence-corrected chi connectivity index (χ3v) is 3.42. The van der Waals surface area contributed by atoms with Crippen molar-refractivity contribution in [1.29, 1.82) is 0 Å². The van der Waals surface area contributed by atoms with Crippen LogP contribution >= 0.6 is 0 Å². The Morgan fingerprint density at radius 2 is 2.08 bits per heavy atom. The monoisotopic (exact) mass is 169 g/mol. The summed E-state index contributed by atoms with van der Waals surface area (Å²) in [5.74, 6) is 1.53. The second-order valence-electron chi connectivity index (χ2n) is 4.03. The molecule has 1 heterocycles. The van der Waals surface area contributed by atoms with E-state index in [4.69, 9.17) is 0 Å². The zero-order chi connectivity index (χ0) is 9.14. The Balaban J connectivity index is 2.52. The van der Waals surface area contributed by atoms with Crippen LogP contribution in [0.1, 0.15) is 27.2 Å². The number of piperidine rings is 1. The number of likely N-dealkylation sites (tertiary alicyclic amines) is 1. The van der Waals surface area contributed by atoms with Crippen LogP contribution in [0.5, 0.6) is 0 Å². The van der Waals surface area contributed by atoms with Gasteiger partial charge in [-0.1, -0.05) is 13.8 Å². The molecule has 0 aromatic carbocycles. The Morgan fingerprint density at radius 3 is 2.67 bits per heavy atom. The predicted molar refractivity (Wildman–Crippen MR) is 50.0 cm³/mol. The van der Waals surface area contributed by atoms with Crippen molar-refractivity contribution in [2.45, 2.75) is 33.2 Å². The molecule has 0 spiro atoms. The molecule has 0 radical (unpaired) electrons. The van der Waals surface area contributed by atoms with Crippen molar-refractivity contribution in [3.63, 3.8) is 0 Å². The first-order valence-corrected chi connectivity index (χ1v) is 4.84. The molecule has 0 N–H and O–H groups in total. The Hall–Kier alpha value is -0.370. The highest BCUT2D eigenvalue weighted by molar-refractivity contribution is 5.52. The van der Waals surface area contributed by atoms with Crippen LogP contribution in [0.3, 0.4) is 0 Å². The van der Waals surface area contributed by atoms with E-state index in [9.17, 15) is 4.79 Å². The van der Waals surface area contributed by atoms with Gasteiger partial charge in [0.1, 0.15) is 6.29 Å². The van der Waals surface area contributed by atoms with Gasteiger partial charge in [0, 0.05) is 6.04 Å². The summed E-state index contributed by atoms with van der Waals surface area (Å²) in [5.41, 5.74) is 0. The normalized spacial score (nSPS) is 38.1. The number of aldehydes is 1. The van der Waals surface area contributed by atoms with Crippen molar-refractivity contribution in [2.75, 3.05) is 13.1 Å². The topological polar surface area (TPSA) is 20.3 Å². The minimum Gasteiger partial charge on any atom is -0.302 e. The van der Waals surface area contributed by atoms with Gasteiger partial charge in [0.25, 0.3) is 0 Å². The summed E-state index contributed by atoms with van der Waals surface area (Å²) < 4.78 is 0. The average molecular weight is 169 g/mol. The summed E-state index contributed by atoms with van der Waals surface area (Å²) in [6.45, 7) is 8.51. The maximum Gasteiger partial charge on any atom is 0.133 e. The first kappa shape index (κ1) is 9.72. The molecular weight excluding hydrogens is 150 g/mol. The number of rotatable bonds is 2. The molecule has 1 aliphatic rings. The molecule has 12 heavy (non-hydrogen) atoms. The smallest absolute Gasteiger partial charge is 0.133 e. The van der Waals surface area contributed by atoms with E-state index >= 15 is 0 Å². The quantitative estimate of drug-likeness (QED) is 0.585. The number of carbonyl (C=O) groups excluding carboxylic acids is 1. The lowest BCUT2D eigenvalue weighted by Crippen LogP contribution is -2.46. The summed E-state index contributed by atoms with van der Waals surface area (Å²) in [4.78, 5) is 12.6. The van der Waals surface area contributed by atoms with Gasteiger partial charge >= 0.3 is 0 Å². The van der Waals surface area contributed by atoms with Crippen LogP contribution in [0, 0.1) is 11.8 Å². The van der Waals surface area contributed by atoms with E-state index in [0.717, 1.165) is 24.7 Å². The minimum absolute atomic E-state index is 0.568. The van der Waals surface area contributed by atoms with Crippen molar-refractivity contribution in [3.8, 4) is 0 Å². The highest BCUT2D eigenvalue weighted by atomic mass is 16.1. The lowest BCUT2D eigenvalue weighted by Gasteiger charge is -2.40. The molecule has 1 fully saturated rings. The van der Waals surface area contributed by atoms with Gasteiger partial charge in [-0.15, -0.1) is 0 Å². The number of hydrogen-bond acceptors (Lipinski definition) is 2. The fourth-order valence-electron chi connectivity index (χ4n) is 2.00. The summed E-state index contributed by atoms with van der Waals surface area (Å²) in [5, 5.41) is 0. The van der Waals surface area contributed by atoms with Gasteiger partial charge in [-0.2, -0.15) is 0 Å². The van der Waals surface area contributed by atoms with E-state index in [1.165, 1.54) is 6.42 Å². The highest BCUT2D eigenvalue weighted by Crippen LogP contribution is 2.27. The molecule has 0 saturated carbocycles. The number of carbonyl (C=O) groups is 1. The second-order valence-corrected chi connectivity index (χ2v) is 4.03. The summed E-state index contributed by atoms with van der Waals surface area (Å²) in [6, 6.07) is 0.568. The molecule has 1 rings (SSSR count). The Labute approximate surface area is 74.9 Å². The van der Waals surface area contributed by atoms with Crippen molar-refractivity contribution >= 4 is 6.29 Å². The summed E-state index contributed by atoms with van der Waals surface area (Å²) in [6.07, 6.45) is 2.25. The summed E-state index contributed by atoms with van der Waals surface area (Å²) >= 11 is 0. The molecule has 3 unspecified atom stereocenters. The van der Waals surface area contributed by atoms with Crippen LogP contribution in [0.15, 0.2) is 0 Å². The van der Waals surface area contributed by atoms with E-state index < -0.39 is 0 Å². The Kier molecular flexibility index (Phi) is 3.27. The van der Waals surface area contributed by atoms with Crippen LogP contribution in [-0.2, 0) is 4.79 Å². The highest BCUT2D eigenvalue weighted by Gasteiger charge is 2.28. The largest absolute Gasteiger partial charge is 0.302 e. The van der Waals surface area contributed by atoms with E-state index in [-0.39, 0.29) is 0 Å². The van der Waals surface area contributed by atoms with Gasteiger partial charge in [-0.3, -0.25) is 4.90 Å². The first-order valence-electron chi connectivity index (χ1n) is 4.84. The number of nitrogens with zero attached hydrogens (tertiary/aromatic N) is 1. The zero-order valence-corrected chi connectivity index (χ0v) is 8.29. The van der Waals surface area contributed by atoms with Crippen molar-refractivity contribution in [1.82, 2.24) is 4.90 Å². The standard InChI is InChI=1S/C10H19NO/c1-8-4-5-11(6-7-12)10(3)9(8)2/h7-10H,4-6H2,1-3H3. The summed E-state index contributed by atoms with van der Waals surface area (Å²) in [7, 11) is 0. The van der Waals surface area contributed by atoms with Crippen LogP contribution in [0.4, 0.5) is 0 Å². The third-order valence-electron chi connectivity index (χ3n) is 3.42. The van der Waals surface area contributed by atoms with Crippen LogP contribution in [-0.4, -0.2) is 30.3 Å². The molecule has 1 saturated heterocycles. The molecule has 0 amide bonds. The predicted octanol–water partition coefficient (Wildman–Crippen LogP) is 1.55. The van der Waals surface area contributed by atoms with Gasteiger partial charge < -0.3 is 4.79 Å².